The average molecular weight is 368 g/mol. The normalized spacial score (nSPS) is 10.0. The molecular weight excluding hydrogens is 359 g/mol. The van der Waals surface area contributed by atoms with E-state index in [1.807, 2.05) is 0 Å². The largest absolute Gasteiger partial charge is 0.545 e. The summed E-state index contributed by atoms with van der Waals surface area (Å²) in [5.41, 5.74) is 0.559. The fraction of sp³-hybridized carbons (Fsp3) is 0. The van der Waals surface area contributed by atoms with E-state index in [1.165, 1.54) is 18.2 Å². The highest BCUT2D eigenvalue weighted by Crippen LogP contribution is 2.20. The lowest BCUT2D eigenvalue weighted by molar-refractivity contribution is -0.255. The Morgan fingerprint density at radius 2 is 1.70 bits per heavy atom. The molecule has 0 aliphatic carbocycles. The molecule has 8 heteroatoms. The monoisotopic (exact) mass is 367 g/mol. The molecule has 0 radical (unpaired) electrons. The number of hydrogen-bond donors (Lipinski definition) is 2. The van der Waals surface area contributed by atoms with Gasteiger partial charge in [0.05, 0.1) is 5.97 Å². The first-order valence-corrected chi connectivity index (χ1v) is 7.42. The van der Waals surface area contributed by atoms with Crippen LogP contribution < -0.4 is 15.7 Å². The zero-order chi connectivity index (χ0) is 17.0. The number of halogens is 2. The van der Waals surface area contributed by atoms with Crippen molar-refractivity contribution < 1.29 is 14.7 Å². The number of rotatable bonds is 3. The summed E-state index contributed by atoms with van der Waals surface area (Å²) >= 11 is 16.5. The Morgan fingerprint density at radius 1 is 1.04 bits per heavy atom. The number of thiocarbonyl (C=S) groups is 1. The number of hydrogen-bond acceptors (Lipinski definition) is 4. The maximum absolute atomic E-state index is 12.0. The van der Waals surface area contributed by atoms with E-state index in [0.29, 0.717) is 16.3 Å². The lowest BCUT2D eigenvalue weighted by Crippen LogP contribution is -2.34. The van der Waals surface area contributed by atoms with Gasteiger partial charge in [0.25, 0.3) is 5.91 Å². The van der Waals surface area contributed by atoms with Gasteiger partial charge in [-0.3, -0.25) is 10.1 Å². The Kier molecular flexibility index (Phi) is 5.54. The molecule has 0 saturated heterocycles. The Morgan fingerprint density at radius 3 is 2.30 bits per heavy atom. The molecule has 2 aromatic rings. The predicted octanol–water partition coefficient (Wildman–Crippen LogP) is 2.48. The van der Waals surface area contributed by atoms with E-state index >= 15 is 0 Å². The summed E-state index contributed by atoms with van der Waals surface area (Å²) in [7, 11) is 0. The topological polar surface area (TPSA) is 81.3 Å². The Bertz CT molecular complexity index is 779. The second-order valence-electron chi connectivity index (χ2n) is 4.40. The quantitative estimate of drug-likeness (QED) is 0.814. The van der Waals surface area contributed by atoms with Crippen molar-refractivity contribution in [3.63, 3.8) is 0 Å². The SMILES string of the molecule is O=C(NC(=S)Nc1ccc(Cl)c(C(=O)[O-])c1)c1ccc(Cl)cc1. The highest BCUT2D eigenvalue weighted by molar-refractivity contribution is 7.80. The molecular formula is C15H9Cl2N2O3S-. The van der Waals surface area contributed by atoms with Crippen LogP contribution in [-0.4, -0.2) is 17.0 Å². The first kappa shape index (κ1) is 17.2. The zero-order valence-corrected chi connectivity index (χ0v) is 13.8. The molecule has 118 valence electrons. The van der Waals surface area contributed by atoms with Crippen LogP contribution in [-0.2, 0) is 0 Å². The van der Waals surface area contributed by atoms with E-state index in [1.54, 1.807) is 24.3 Å². The molecule has 0 aliphatic rings. The molecule has 0 heterocycles. The fourth-order valence-electron chi connectivity index (χ4n) is 1.70. The van der Waals surface area contributed by atoms with Crippen molar-refractivity contribution >= 4 is 58.1 Å². The van der Waals surface area contributed by atoms with Crippen molar-refractivity contribution in [2.75, 3.05) is 5.32 Å². The third-order valence-electron chi connectivity index (χ3n) is 2.78. The molecule has 2 N–H and O–H groups in total. The number of aromatic carboxylic acids is 1. The number of carbonyl (C=O) groups is 2. The molecule has 0 spiro atoms. The van der Waals surface area contributed by atoms with E-state index in [9.17, 15) is 14.7 Å². The number of carboxylic acid groups (broad SMARTS) is 1. The van der Waals surface area contributed by atoms with Gasteiger partial charge in [0.15, 0.2) is 5.11 Å². The van der Waals surface area contributed by atoms with Crippen LogP contribution in [0.1, 0.15) is 20.7 Å². The Labute approximate surface area is 147 Å². The second kappa shape index (κ2) is 7.41. The number of amides is 1. The number of carboxylic acids is 1. The van der Waals surface area contributed by atoms with Crippen LogP contribution in [0.25, 0.3) is 0 Å². The molecule has 0 unspecified atom stereocenters. The van der Waals surface area contributed by atoms with Gasteiger partial charge in [0.2, 0.25) is 0 Å². The molecule has 0 saturated carbocycles. The van der Waals surface area contributed by atoms with Gasteiger partial charge < -0.3 is 15.2 Å². The minimum absolute atomic E-state index is 0.0107. The van der Waals surface area contributed by atoms with E-state index in [2.05, 4.69) is 10.6 Å². The summed E-state index contributed by atoms with van der Waals surface area (Å²) in [6.07, 6.45) is 0. The van der Waals surface area contributed by atoms with E-state index in [0.717, 1.165) is 0 Å². The Hall–Kier alpha value is -2.15. The molecule has 0 atom stereocenters. The van der Waals surface area contributed by atoms with Gasteiger partial charge in [-0.2, -0.15) is 0 Å². The highest BCUT2D eigenvalue weighted by atomic mass is 35.5. The van der Waals surface area contributed by atoms with Gasteiger partial charge in [-0.1, -0.05) is 23.2 Å². The molecule has 1 amide bonds. The van der Waals surface area contributed by atoms with Crippen molar-refractivity contribution in [2.45, 2.75) is 0 Å². The minimum Gasteiger partial charge on any atom is -0.545 e. The van der Waals surface area contributed by atoms with E-state index in [4.69, 9.17) is 35.4 Å². The summed E-state index contributed by atoms with van der Waals surface area (Å²) in [4.78, 5) is 22.9. The van der Waals surface area contributed by atoms with Crippen molar-refractivity contribution in [3.05, 3.63) is 63.6 Å². The smallest absolute Gasteiger partial charge is 0.257 e. The van der Waals surface area contributed by atoms with Crippen molar-refractivity contribution in [3.8, 4) is 0 Å². The molecule has 0 aliphatic heterocycles. The van der Waals surface area contributed by atoms with Gasteiger partial charge in [0.1, 0.15) is 0 Å². The van der Waals surface area contributed by atoms with Crippen LogP contribution in [0.5, 0.6) is 0 Å². The fourth-order valence-corrected chi connectivity index (χ4v) is 2.23. The standard InChI is InChI=1S/C15H10Cl2N2O3S/c16-9-3-1-8(2-4-9)13(20)19-15(23)18-10-5-6-12(17)11(7-10)14(21)22/h1-7H,(H,21,22)(H2,18,19,20,23)/p-1. The van der Waals surface area contributed by atoms with Crippen LogP contribution in [0.3, 0.4) is 0 Å². The second-order valence-corrected chi connectivity index (χ2v) is 5.65. The van der Waals surface area contributed by atoms with Crippen LogP contribution in [0, 0.1) is 0 Å². The third kappa shape index (κ3) is 4.66. The number of nitrogens with one attached hydrogen (secondary N) is 2. The highest BCUT2D eigenvalue weighted by Gasteiger charge is 2.09. The van der Waals surface area contributed by atoms with Crippen LogP contribution >= 0.6 is 35.4 Å². The number of anilines is 1. The Balaban J connectivity index is 2.05. The van der Waals surface area contributed by atoms with Gasteiger partial charge >= 0.3 is 0 Å². The first-order valence-electron chi connectivity index (χ1n) is 6.25. The average Bonchev–Trinajstić information content (AvgIpc) is 2.49. The molecule has 2 rings (SSSR count). The third-order valence-corrected chi connectivity index (χ3v) is 3.56. The summed E-state index contributed by atoms with van der Waals surface area (Å²) in [5.74, 6) is -1.83. The molecule has 2 aromatic carbocycles. The van der Waals surface area contributed by atoms with Gasteiger partial charge in [-0.05, 0) is 54.7 Å². The van der Waals surface area contributed by atoms with Crippen molar-refractivity contribution in [1.29, 1.82) is 0 Å². The van der Waals surface area contributed by atoms with Crippen LogP contribution in [0.2, 0.25) is 10.0 Å². The maximum Gasteiger partial charge on any atom is 0.257 e. The first-order chi connectivity index (χ1) is 10.9. The van der Waals surface area contributed by atoms with Crippen molar-refractivity contribution in [2.24, 2.45) is 0 Å². The van der Waals surface area contributed by atoms with Gasteiger partial charge in [0, 0.05) is 26.9 Å². The zero-order valence-electron chi connectivity index (χ0n) is 11.4. The lowest BCUT2D eigenvalue weighted by Gasteiger charge is -2.12. The summed E-state index contributed by atoms with van der Waals surface area (Å²) in [6.45, 7) is 0. The lowest BCUT2D eigenvalue weighted by atomic mass is 10.2. The summed E-state index contributed by atoms with van der Waals surface area (Å²) in [6, 6.07) is 10.4. The minimum atomic E-state index is -1.41. The van der Waals surface area contributed by atoms with E-state index < -0.39 is 11.9 Å². The summed E-state index contributed by atoms with van der Waals surface area (Å²) < 4.78 is 0. The molecule has 0 bridgehead atoms. The van der Waals surface area contributed by atoms with Crippen LogP contribution in [0.4, 0.5) is 5.69 Å². The molecule has 0 fully saturated rings. The van der Waals surface area contributed by atoms with Gasteiger partial charge in [-0.15, -0.1) is 0 Å². The summed E-state index contributed by atoms with van der Waals surface area (Å²) in [5, 5.41) is 16.7. The molecule has 23 heavy (non-hydrogen) atoms. The van der Waals surface area contributed by atoms with Crippen molar-refractivity contribution in [1.82, 2.24) is 5.32 Å². The van der Waals surface area contributed by atoms with E-state index in [-0.39, 0.29) is 15.7 Å². The van der Waals surface area contributed by atoms with Gasteiger partial charge in [-0.25, -0.2) is 0 Å². The molecule has 0 aromatic heterocycles. The number of carbonyl (C=O) groups excluding carboxylic acids is 2. The molecule has 5 nitrogen and oxygen atoms in total. The number of benzene rings is 2. The maximum atomic E-state index is 12.0. The van der Waals surface area contributed by atoms with Crippen LogP contribution in [0.15, 0.2) is 42.5 Å². The predicted molar refractivity (Wildman–Crippen MR) is 90.9 cm³/mol.